The van der Waals surface area contributed by atoms with Crippen LogP contribution in [0.1, 0.15) is 30.9 Å². The average molecular weight is 193 g/mol. The quantitative estimate of drug-likeness (QED) is 0.801. The van der Waals surface area contributed by atoms with E-state index in [1.54, 1.807) is 0 Å². The maximum absolute atomic E-state index is 10.3. The Kier molecular flexibility index (Phi) is 3.51. The molecule has 0 aliphatic carbocycles. The SMILES string of the molecule is CC(C)c1ccc(COC(N)=O)cc1. The molecule has 76 valence electrons. The molecule has 0 heterocycles. The first-order valence-electron chi connectivity index (χ1n) is 4.60. The summed E-state index contributed by atoms with van der Waals surface area (Å²) in [5.41, 5.74) is 7.08. The summed E-state index contributed by atoms with van der Waals surface area (Å²) < 4.78 is 4.67. The lowest BCUT2D eigenvalue weighted by Gasteiger charge is -2.06. The Labute approximate surface area is 83.9 Å². The maximum atomic E-state index is 10.3. The smallest absolute Gasteiger partial charge is 0.404 e. The van der Waals surface area contributed by atoms with Crippen molar-refractivity contribution < 1.29 is 9.53 Å². The molecule has 0 radical (unpaired) electrons. The van der Waals surface area contributed by atoms with Gasteiger partial charge in [-0.25, -0.2) is 4.79 Å². The standard InChI is InChI=1S/C11H15NO2/c1-8(2)10-5-3-9(4-6-10)7-14-11(12)13/h3-6,8H,7H2,1-2H3,(H2,12,13). The molecule has 14 heavy (non-hydrogen) atoms. The Balaban J connectivity index is 2.59. The molecule has 0 aliphatic rings. The molecule has 0 unspecified atom stereocenters. The molecule has 0 bridgehead atoms. The van der Waals surface area contributed by atoms with Gasteiger partial charge in [0, 0.05) is 0 Å². The summed E-state index contributed by atoms with van der Waals surface area (Å²) in [6.07, 6.45) is -0.738. The topological polar surface area (TPSA) is 52.3 Å². The van der Waals surface area contributed by atoms with Crippen LogP contribution in [0.3, 0.4) is 0 Å². The van der Waals surface area contributed by atoms with E-state index in [9.17, 15) is 4.79 Å². The number of hydrogen-bond donors (Lipinski definition) is 1. The van der Waals surface area contributed by atoms with Gasteiger partial charge in [0.2, 0.25) is 0 Å². The fraction of sp³-hybridized carbons (Fsp3) is 0.364. The zero-order valence-corrected chi connectivity index (χ0v) is 8.49. The fourth-order valence-corrected chi connectivity index (χ4v) is 1.15. The van der Waals surface area contributed by atoms with Crippen molar-refractivity contribution in [1.29, 1.82) is 0 Å². The number of amides is 1. The van der Waals surface area contributed by atoms with Gasteiger partial charge in [-0.1, -0.05) is 38.1 Å². The Bertz CT molecular complexity index is 304. The van der Waals surface area contributed by atoms with Gasteiger partial charge in [-0.15, -0.1) is 0 Å². The molecule has 0 saturated heterocycles. The van der Waals surface area contributed by atoms with Crippen LogP contribution in [0.2, 0.25) is 0 Å². The van der Waals surface area contributed by atoms with Crippen molar-refractivity contribution in [2.75, 3.05) is 0 Å². The van der Waals surface area contributed by atoms with Crippen LogP contribution in [-0.4, -0.2) is 6.09 Å². The minimum Gasteiger partial charge on any atom is -0.445 e. The minimum absolute atomic E-state index is 0.244. The predicted octanol–water partition coefficient (Wildman–Crippen LogP) is 2.41. The normalized spacial score (nSPS) is 10.2. The maximum Gasteiger partial charge on any atom is 0.404 e. The van der Waals surface area contributed by atoms with Crippen LogP contribution in [0.25, 0.3) is 0 Å². The van der Waals surface area contributed by atoms with Crippen LogP contribution in [0.15, 0.2) is 24.3 Å². The van der Waals surface area contributed by atoms with E-state index in [1.165, 1.54) is 5.56 Å². The number of carbonyl (C=O) groups is 1. The summed E-state index contributed by atoms with van der Waals surface area (Å²) in [4.78, 5) is 10.3. The number of ether oxygens (including phenoxy) is 1. The summed E-state index contributed by atoms with van der Waals surface area (Å²) in [6, 6.07) is 7.95. The average Bonchev–Trinajstić information content (AvgIpc) is 2.15. The number of nitrogens with two attached hydrogens (primary N) is 1. The highest BCUT2D eigenvalue weighted by molar-refractivity contribution is 5.64. The number of hydrogen-bond acceptors (Lipinski definition) is 2. The number of benzene rings is 1. The van der Waals surface area contributed by atoms with Gasteiger partial charge >= 0.3 is 6.09 Å². The molecular formula is C11H15NO2. The van der Waals surface area contributed by atoms with Crippen molar-refractivity contribution in [3.8, 4) is 0 Å². The first-order chi connectivity index (χ1) is 6.59. The summed E-state index contributed by atoms with van der Waals surface area (Å²) in [5.74, 6) is 0.515. The second-order valence-electron chi connectivity index (χ2n) is 3.50. The van der Waals surface area contributed by atoms with E-state index in [0.717, 1.165) is 5.56 Å². The third kappa shape index (κ3) is 3.09. The Morgan fingerprint density at radius 1 is 1.36 bits per heavy atom. The highest BCUT2D eigenvalue weighted by Gasteiger charge is 2.00. The number of carbonyl (C=O) groups excluding carboxylic acids is 1. The molecule has 1 aromatic rings. The lowest BCUT2D eigenvalue weighted by atomic mass is 10.0. The van der Waals surface area contributed by atoms with Crippen LogP contribution < -0.4 is 5.73 Å². The zero-order chi connectivity index (χ0) is 10.6. The Morgan fingerprint density at radius 3 is 2.36 bits per heavy atom. The van der Waals surface area contributed by atoms with E-state index in [-0.39, 0.29) is 6.61 Å². The van der Waals surface area contributed by atoms with Crippen molar-refractivity contribution in [3.05, 3.63) is 35.4 Å². The molecule has 1 amide bonds. The van der Waals surface area contributed by atoms with Crippen molar-refractivity contribution in [1.82, 2.24) is 0 Å². The summed E-state index contributed by atoms with van der Waals surface area (Å²) in [6.45, 7) is 4.51. The molecule has 0 fully saturated rings. The van der Waals surface area contributed by atoms with Gasteiger partial charge < -0.3 is 10.5 Å². The van der Waals surface area contributed by atoms with Gasteiger partial charge in [0.1, 0.15) is 6.61 Å². The molecule has 0 aliphatic heterocycles. The molecule has 3 nitrogen and oxygen atoms in total. The van der Waals surface area contributed by atoms with Crippen molar-refractivity contribution in [2.24, 2.45) is 5.73 Å². The van der Waals surface area contributed by atoms with Gasteiger partial charge in [-0.2, -0.15) is 0 Å². The van der Waals surface area contributed by atoms with Gasteiger partial charge in [0.25, 0.3) is 0 Å². The van der Waals surface area contributed by atoms with E-state index in [2.05, 4.69) is 18.6 Å². The predicted molar refractivity (Wildman–Crippen MR) is 54.9 cm³/mol. The highest BCUT2D eigenvalue weighted by atomic mass is 16.5. The van der Waals surface area contributed by atoms with E-state index in [0.29, 0.717) is 5.92 Å². The minimum atomic E-state index is -0.738. The number of rotatable bonds is 3. The first kappa shape index (κ1) is 10.6. The Morgan fingerprint density at radius 2 is 1.93 bits per heavy atom. The summed E-state index contributed by atoms with van der Waals surface area (Å²) in [7, 11) is 0. The van der Waals surface area contributed by atoms with E-state index < -0.39 is 6.09 Å². The summed E-state index contributed by atoms with van der Waals surface area (Å²) in [5, 5.41) is 0. The van der Waals surface area contributed by atoms with Crippen LogP contribution >= 0.6 is 0 Å². The largest absolute Gasteiger partial charge is 0.445 e. The molecule has 3 heteroatoms. The third-order valence-corrected chi connectivity index (χ3v) is 2.03. The van der Waals surface area contributed by atoms with Crippen LogP contribution in [0, 0.1) is 0 Å². The third-order valence-electron chi connectivity index (χ3n) is 2.03. The molecular weight excluding hydrogens is 178 g/mol. The summed E-state index contributed by atoms with van der Waals surface area (Å²) >= 11 is 0. The molecule has 0 spiro atoms. The van der Waals surface area contributed by atoms with Crippen LogP contribution in [0.5, 0.6) is 0 Å². The van der Waals surface area contributed by atoms with Gasteiger partial charge in [-0.05, 0) is 17.0 Å². The molecule has 0 aromatic heterocycles. The molecule has 1 rings (SSSR count). The fourth-order valence-electron chi connectivity index (χ4n) is 1.15. The van der Waals surface area contributed by atoms with Crippen molar-refractivity contribution >= 4 is 6.09 Å². The van der Waals surface area contributed by atoms with Gasteiger partial charge in [0.05, 0.1) is 0 Å². The van der Waals surface area contributed by atoms with E-state index >= 15 is 0 Å². The molecule has 0 atom stereocenters. The van der Waals surface area contributed by atoms with Crippen LogP contribution in [0.4, 0.5) is 4.79 Å². The molecule has 1 aromatic carbocycles. The zero-order valence-electron chi connectivity index (χ0n) is 8.49. The Hall–Kier alpha value is -1.51. The lowest BCUT2D eigenvalue weighted by Crippen LogP contribution is -2.12. The van der Waals surface area contributed by atoms with Gasteiger partial charge in [-0.3, -0.25) is 0 Å². The van der Waals surface area contributed by atoms with Crippen molar-refractivity contribution in [3.63, 3.8) is 0 Å². The second kappa shape index (κ2) is 4.65. The van der Waals surface area contributed by atoms with Gasteiger partial charge in [0.15, 0.2) is 0 Å². The molecule has 0 saturated carbocycles. The monoisotopic (exact) mass is 193 g/mol. The van der Waals surface area contributed by atoms with Crippen molar-refractivity contribution in [2.45, 2.75) is 26.4 Å². The van der Waals surface area contributed by atoms with E-state index in [4.69, 9.17) is 5.73 Å². The van der Waals surface area contributed by atoms with Crippen LogP contribution in [-0.2, 0) is 11.3 Å². The number of primary amides is 1. The highest BCUT2D eigenvalue weighted by Crippen LogP contribution is 2.14. The molecule has 2 N–H and O–H groups in total. The lowest BCUT2D eigenvalue weighted by molar-refractivity contribution is 0.150. The first-order valence-corrected chi connectivity index (χ1v) is 4.60. The second-order valence-corrected chi connectivity index (χ2v) is 3.50. The van der Waals surface area contributed by atoms with E-state index in [1.807, 2.05) is 24.3 Å².